The number of nitrogens with zero attached hydrogens (tertiary/aromatic N) is 3. The molecule has 1 saturated heterocycles. The molecule has 4 nitrogen and oxygen atoms in total. The van der Waals surface area contributed by atoms with Gasteiger partial charge in [-0.2, -0.15) is 0 Å². The van der Waals surface area contributed by atoms with Gasteiger partial charge in [-0.05, 0) is 12.1 Å². The van der Waals surface area contributed by atoms with Gasteiger partial charge in [0.1, 0.15) is 5.82 Å². The molecule has 0 radical (unpaired) electrons. The van der Waals surface area contributed by atoms with E-state index in [9.17, 15) is 4.79 Å². The molecule has 1 atom stereocenters. The van der Waals surface area contributed by atoms with E-state index in [-0.39, 0.29) is 11.6 Å². The number of hydrogen-bond donors (Lipinski definition) is 0. The first kappa shape index (κ1) is 11.5. The van der Waals surface area contributed by atoms with Crippen LogP contribution in [0.25, 0.3) is 10.9 Å². The summed E-state index contributed by atoms with van der Waals surface area (Å²) in [4.78, 5) is 17.1. The molecular weight excluding hydrogens is 250 g/mol. The fourth-order valence-corrected chi connectivity index (χ4v) is 2.46. The van der Waals surface area contributed by atoms with Gasteiger partial charge in [0, 0.05) is 12.3 Å². The lowest BCUT2D eigenvalue weighted by atomic mass is 10.2. The summed E-state index contributed by atoms with van der Waals surface area (Å²) in [6.45, 7) is 2.84. The maximum atomic E-state index is 12.5. The SMILES string of the molecule is CCc1nc2ccccc2c(=O)n1N1C[C@H]1CCl. The van der Waals surface area contributed by atoms with Gasteiger partial charge in [-0.3, -0.25) is 4.79 Å². The zero-order valence-electron chi connectivity index (χ0n) is 10.1. The molecule has 0 amide bonds. The molecule has 94 valence electrons. The third-order valence-corrected chi connectivity index (χ3v) is 3.61. The third-order valence-electron chi connectivity index (χ3n) is 3.26. The van der Waals surface area contributed by atoms with E-state index < -0.39 is 0 Å². The second kappa shape index (κ2) is 4.28. The highest BCUT2D eigenvalue weighted by atomic mass is 35.5. The molecule has 0 spiro atoms. The summed E-state index contributed by atoms with van der Waals surface area (Å²) in [5.41, 5.74) is 0.768. The Bertz CT molecular complexity index is 652. The standard InChI is InChI=1S/C13H14ClN3O/c1-2-12-15-11-6-4-3-5-10(11)13(18)17(12)16-8-9(16)7-14/h3-6,9H,2,7-8H2,1H3/t9-,16?/m1/s1. The first-order valence-corrected chi connectivity index (χ1v) is 6.63. The van der Waals surface area contributed by atoms with Gasteiger partial charge in [0.15, 0.2) is 0 Å². The molecule has 18 heavy (non-hydrogen) atoms. The zero-order valence-corrected chi connectivity index (χ0v) is 10.9. The number of benzene rings is 1. The Hall–Kier alpha value is -1.55. The maximum absolute atomic E-state index is 12.5. The lowest BCUT2D eigenvalue weighted by Gasteiger charge is -2.14. The van der Waals surface area contributed by atoms with Crippen molar-refractivity contribution in [2.24, 2.45) is 0 Å². The summed E-state index contributed by atoms with van der Waals surface area (Å²) in [5, 5.41) is 2.64. The summed E-state index contributed by atoms with van der Waals surface area (Å²) in [6.07, 6.45) is 0.728. The molecule has 1 fully saturated rings. The third kappa shape index (κ3) is 1.68. The predicted octanol–water partition coefficient (Wildman–Crippen LogP) is 1.52. The first-order chi connectivity index (χ1) is 8.76. The Kier molecular flexibility index (Phi) is 2.74. The van der Waals surface area contributed by atoms with Crippen molar-refractivity contribution in [2.45, 2.75) is 19.4 Å². The fourth-order valence-electron chi connectivity index (χ4n) is 2.21. The Balaban J connectivity index is 2.23. The number of aromatic nitrogens is 2. The van der Waals surface area contributed by atoms with Crippen LogP contribution in [0.15, 0.2) is 29.1 Å². The van der Waals surface area contributed by atoms with Gasteiger partial charge in [-0.15, -0.1) is 11.6 Å². The minimum atomic E-state index is 0.00469. The van der Waals surface area contributed by atoms with Gasteiger partial charge in [-0.1, -0.05) is 19.1 Å². The minimum Gasteiger partial charge on any atom is -0.300 e. The van der Waals surface area contributed by atoms with Gasteiger partial charge < -0.3 is 5.01 Å². The molecule has 0 N–H and O–H groups in total. The van der Waals surface area contributed by atoms with Gasteiger partial charge >= 0.3 is 0 Å². The highest BCUT2D eigenvalue weighted by molar-refractivity contribution is 6.18. The van der Waals surface area contributed by atoms with Crippen molar-refractivity contribution in [3.63, 3.8) is 0 Å². The summed E-state index contributed by atoms with van der Waals surface area (Å²) in [6, 6.07) is 7.72. The second-order valence-electron chi connectivity index (χ2n) is 4.45. The second-order valence-corrected chi connectivity index (χ2v) is 4.75. The highest BCUT2D eigenvalue weighted by Gasteiger charge is 2.36. The molecule has 0 aliphatic carbocycles. The van der Waals surface area contributed by atoms with E-state index in [1.165, 1.54) is 0 Å². The monoisotopic (exact) mass is 263 g/mol. The smallest absolute Gasteiger partial charge is 0.280 e. The van der Waals surface area contributed by atoms with Crippen LogP contribution in [0.3, 0.4) is 0 Å². The van der Waals surface area contributed by atoms with E-state index in [1.807, 2.05) is 36.2 Å². The predicted molar refractivity (Wildman–Crippen MR) is 73.0 cm³/mol. The van der Waals surface area contributed by atoms with Crippen LogP contribution in [0.1, 0.15) is 12.7 Å². The minimum absolute atomic E-state index is 0.00469. The van der Waals surface area contributed by atoms with Crippen molar-refractivity contribution >= 4 is 22.5 Å². The first-order valence-electron chi connectivity index (χ1n) is 6.09. The van der Waals surface area contributed by atoms with Crippen LogP contribution >= 0.6 is 11.6 Å². The summed E-state index contributed by atoms with van der Waals surface area (Å²) in [5.74, 6) is 1.34. The number of alkyl halides is 1. The molecule has 1 aliphatic heterocycles. The Morgan fingerprint density at radius 2 is 2.22 bits per heavy atom. The van der Waals surface area contributed by atoms with E-state index in [2.05, 4.69) is 4.98 Å². The normalized spacial score (nSPS) is 18.3. The van der Waals surface area contributed by atoms with E-state index >= 15 is 0 Å². The molecule has 3 rings (SSSR count). The Morgan fingerprint density at radius 1 is 1.44 bits per heavy atom. The molecule has 1 aromatic carbocycles. The summed E-state index contributed by atoms with van der Waals surface area (Å²) in [7, 11) is 0. The largest absolute Gasteiger partial charge is 0.300 e. The molecule has 0 bridgehead atoms. The number of aryl methyl sites for hydroxylation is 1. The number of rotatable bonds is 3. The van der Waals surface area contributed by atoms with Crippen molar-refractivity contribution < 1.29 is 0 Å². The highest BCUT2D eigenvalue weighted by Crippen LogP contribution is 2.18. The molecule has 1 aliphatic rings. The van der Waals surface area contributed by atoms with Crippen molar-refractivity contribution in [1.82, 2.24) is 9.66 Å². The summed E-state index contributed by atoms with van der Waals surface area (Å²) < 4.78 is 1.69. The van der Waals surface area contributed by atoms with Crippen LogP contribution in [0, 0.1) is 0 Å². The molecule has 0 saturated carbocycles. The van der Waals surface area contributed by atoms with Gasteiger partial charge in [-0.25, -0.2) is 9.66 Å². The number of halogens is 1. The van der Waals surface area contributed by atoms with E-state index in [0.29, 0.717) is 11.3 Å². The van der Waals surface area contributed by atoms with E-state index in [0.717, 1.165) is 24.3 Å². The lowest BCUT2D eigenvalue weighted by molar-refractivity contribution is 0.693. The molecule has 5 heteroatoms. The number of fused-ring (bicyclic) bond motifs is 1. The van der Waals surface area contributed by atoms with Crippen LogP contribution < -0.4 is 10.6 Å². The van der Waals surface area contributed by atoms with Crippen LogP contribution in [0.5, 0.6) is 0 Å². The number of para-hydroxylation sites is 1. The van der Waals surface area contributed by atoms with Crippen molar-refractivity contribution in [1.29, 1.82) is 0 Å². The van der Waals surface area contributed by atoms with Crippen molar-refractivity contribution in [3.05, 3.63) is 40.4 Å². The molecule has 0 unspecified atom stereocenters. The van der Waals surface area contributed by atoms with Crippen molar-refractivity contribution in [3.8, 4) is 0 Å². The number of hydrogen-bond acceptors (Lipinski definition) is 3. The average molecular weight is 264 g/mol. The van der Waals surface area contributed by atoms with Crippen LogP contribution in [-0.2, 0) is 6.42 Å². The topological polar surface area (TPSA) is 37.9 Å². The van der Waals surface area contributed by atoms with Gasteiger partial charge in [0.2, 0.25) is 0 Å². The van der Waals surface area contributed by atoms with Gasteiger partial charge in [0.25, 0.3) is 5.56 Å². The van der Waals surface area contributed by atoms with Crippen LogP contribution in [0.4, 0.5) is 0 Å². The fraction of sp³-hybridized carbons (Fsp3) is 0.385. The molecular formula is C13H14ClN3O. The zero-order chi connectivity index (χ0) is 12.7. The molecule has 2 heterocycles. The van der Waals surface area contributed by atoms with Crippen LogP contribution in [0.2, 0.25) is 0 Å². The van der Waals surface area contributed by atoms with Gasteiger partial charge in [0.05, 0.1) is 23.5 Å². The average Bonchev–Trinajstić information content (AvgIpc) is 3.17. The Morgan fingerprint density at radius 3 is 2.89 bits per heavy atom. The quantitative estimate of drug-likeness (QED) is 0.622. The Labute approximate surface area is 110 Å². The van der Waals surface area contributed by atoms with E-state index in [4.69, 9.17) is 11.6 Å². The lowest BCUT2D eigenvalue weighted by Crippen LogP contribution is -2.34. The van der Waals surface area contributed by atoms with Crippen LogP contribution in [-0.4, -0.2) is 28.1 Å². The molecule has 1 aromatic heterocycles. The van der Waals surface area contributed by atoms with Crippen molar-refractivity contribution in [2.75, 3.05) is 17.4 Å². The van der Waals surface area contributed by atoms with E-state index in [1.54, 1.807) is 4.68 Å². The summed E-state index contributed by atoms with van der Waals surface area (Å²) >= 11 is 5.83. The maximum Gasteiger partial charge on any atom is 0.280 e. The molecule has 2 aromatic rings.